The van der Waals surface area contributed by atoms with Crippen molar-refractivity contribution in [3.8, 4) is 0 Å². The summed E-state index contributed by atoms with van der Waals surface area (Å²) in [5, 5.41) is 11.6. The van der Waals surface area contributed by atoms with Crippen LogP contribution < -0.4 is 16.4 Å². The lowest BCUT2D eigenvalue weighted by atomic mass is 10.2. The third-order valence-electron chi connectivity index (χ3n) is 3.83. The Morgan fingerprint density at radius 3 is 2.73 bits per heavy atom. The molecule has 26 heavy (non-hydrogen) atoms. The first-order valence-corrected chi connectivity index (χ1v) is 8.91. The predicted octanol–water partition coefficient (Wildman–Crippen LogP) is 2.23. The van der Waals surface area contributed by atoms with E-state index in [2.05, 4.69) is 10.3 Å². The van der Waals surface area contributed by atoms with Gasteiger partial charge in [0.05, 0.1) is 30.9 Å². The Kier molecular flexibility index (Phi) is 5.30. The number of fused-ring (bicyclic) bond motifs is 1. The van der Waals surface area contributed by atoms with E-state index in [4.69, 9.17) is 16.7 Å². The summed E-state index contributed by atoms with van der Waals surface area (Å²) in [6, 6.07) is 4.47. The van der Waals surface area contributed by atoms with E-state index in [1.54, 1.807) is 6.07 Å². The van der Waals surface area contributed by atoms with Gasteiger partial charge in [0.1, 0.15) is 16.2 Å². The molecule has 2 N–H and O–H groups in total. The fourth-order valence-corrected chi connectivity index (χ4v) is 3.25. The summed E-state index contributed by atoms with van der Waals surface area (Å²) >= 11 is 8.14. The molecule has 0 aliphatic rings. The Hall–Kier alpha value is -1.98. The number of pyridine rings is 1. The minimum absolute atomic E-state index is 0.0188. The van der Waals surface area contributed by atoms with E-state index >= 15 is 0 Å². The van der Waals surface area contributed by atoms with E-state index in [-0.39, 0.29) is 40.6 Å². The van der Waals surface area contributed by atoms with Gasteiger partial charge in [0, 0.05) is 10.6 Å². The van der Waals surface area contributed by atoms with Gasteiger partial charge < -0.3 is 10.4 Å². The molecule has 0 radical (unpaired) electrons. The van der Waals surface area contributed by atoms with Crippen molar-refractivity contribution in [3.63, 3.8) is 0 Å². The van der Waals surface area contributed by atoms with Crippen molar-refractivity contribution in [1.29, 1.82) is 0 Å². The lowest BCUT2D eigenvalue weighted by Gasteiger charge is -2.15. The maximum Gasteiger partial charge on any atom is 0.272 e. The lowest BCUT2D eigenvalue weighted by Crippen LogP contribution is -2.28. The first-order valence-electron chi connectivity index (χ1n) is 7.45. The molecule has 0 saturated carbocycles. The van der Waals surface area contributed by atoms with E-state index in [1.807, 2.05) is 22.6 Å². The summed E-state index contributed by atoms with van der Waals surface area (Å²) in [4.78, 5) is 29.3. The van der Waals surface area contributed by atoms with Crippen LogP contribution in [0.1, 0.15) is 0 Å². The summed E-state index contributed by atoms with van der Waals surface area (Å²) < 4.78 is 17.3. The van der Waals surface area contributed by atoms with Crippen LogP contribution in [0.4, 0.5) is 15.8 Å². The van der Waals surface area contributed by atoms with Crippen LogP contribution in [0.3, 0.4) is 0 Å². The summed E-state index contributed by atoms with van der Waals surface area (Å²) in [6.45, 7) is -0.235. The average Bonchev–Trinajstić information content (AvgIpc) is 2.60. The topological polar surface area (TPSA) is 89.2 Å². The molecule has 10 heteroatoms. The van der Waals surface area contributed by atoms with Crippen molar-refractivity contribution < 1.29 is 9.50 Å². The molecular weight excluding hydrogens is 478 g/mol. The van der Waals surface area contributed by atoms with Gasteiger partial charge in [-0.1, -0.05) is 11.6 Å². The number of aryl methyl sites for hydroxylation is 1. The number of benzene rings is 1. The Morgan fingerprint density at radius 1 is 1.35 bits per heavy atom. The van der Waals surface area contributed by atoms with Gasteiger partial charge in [-0.25, -0.2) is 9.37 Å². The fraction of sp³-hybridized carbons (Fsp3) is 0.188. The number of hydrogen-bond donors (Lipinski definition) is 2. The lowest BCUT2D eigenvalue weighted by molar-refractivity contribution is 0.274. The van der Waals surface area contributed by atoms with Crippen molar-refractivity contribution in [2.75, 3.05) is 11.9 Å². The van der Waals surface area contributed by atoms with Gasteiger partial charge in [-0.05, 0) is 40.8 Å². The zero-order chi connectivity index (χ0) is 19.0. The summed E-state index contributed by atoms with van der Waals surface area (Å²) in [5.74, 6) is -0.554. The molecule has 7 nitrogen and oxygen atoms in total. The monoisotopic (exact) mass is 490 g/mol. The Bertz CT molecular complexity index is 1130. The highest BCUT2D eigenvalue weighted by Crippen LogP contribution is 2.29. The molecule has 0 unspecified atom stereocenters. The third-order valence-corrected chi connectivity index (χ3v) is 4.85. The maximum absolute atomic E-state index is 14.2. The van der Waals surface area contributed by atoms with Crippen LogP contribution in [0, 0.1) is 9.39 Å². The molecule has 0 bridgehead atoms. The van der Waals surface area contributed by atoms with Crippen molar-refractivity contribution in [2.24, 2.45) is 7.05 Å². The molecule has 0 aliphatic heterocycles. The molecule has 0 saturated heterocycles. The van der Waals surface area contributed by atoms with E-state index in [0.29, 0.717) is 3.57 Å². The number of aromatic nitrogens is 3. The molecule has 2 heterocycles. The third kappa shape index (κ3) is 3.21. The minimum atomic E-state index is -0.570. The molecule has 3 aromatic rings. The molecule has 0 spiro atoms. The molecule has 136 valence electrons. The van der Waals surface area contributed by atoms with Crippen LogP contribution in [0.25, 0.3) is 11.0 Å². The van der Waals surface area contributed by atoms with E-state index in [1.165, 1.54) is 30.1 Å². The van der Waals surface area contributed by atoms with Crippen LogP contribution in [0.15, 0.2) is 34.1 Å². The highest BCUT2D eigenvalue weighted by atomic mass is 127. The average molecular weight is 491 g/mol. The van der Waals surface area contributed by atoms with Gasteiger partial charge in [-0.3, -0.25) is 18.7 Å². The Labute approximate surface area is 165 Å². The van der Waals surface area contributed by atoms with Crippen LogP contribution >= 0.6 is 34.2 Å². The summed E-state index contributed by atoms with van der Waals surface area (Å²) in [5.41, 5.74) is -0.921. The number of nitrogens with zero attached hydrogens (tertiary/aromatic N) is 3. The number of aliphatic hydroxyl groups excluding tert-OH is 1. The van der Waals surface area contributed by atoms with Gasteiger partial charge in [-0.2, -0.15) is 0 Å². The number of hydrogen-bond acceptors (Lipinski definition) is 5. The first-order chi connectivity index (χ1) is 12.3. The number of aliphatic hydroxyl groups is 1. The van der Waals surface area contributed by atoms with Crippen LogP contribution in [0.5, 0.6) is 0 Å². The second-order valence-corrected chi connectivity index (χ2v) is 7.09. The van der Waals surface area contributed by atoms with Gasteiger partial charge in [0.25, 0.3) is 11.1 Å². The number of rotatable bonds is 4. The van der Waals surface area contributed by atoms with Crippen LogP contribution in [-0.4, -0.2) is 25.8 Å². The molecular formula is C16H13ClFIN4O3. The van der Waals surface area contributed by atoms with E-state index in [9.17, 15) is 14.0 Å². The second-order valence-electron chi connectivity index (χ2n) is 5.47. The SMILES string of the molecule is Cn1c(=O)c(Cl)c(Nc2ccc(I)cc2F)c2c(=O)n(CCO)cnc21. The number of halogens is 3. The standard InChI is InChI=1S/C16H13ClFIN4O3/c1-22-14-11(15(25)23(4-5-24)7-20-14)13(12(17)16(22)26)21-10-3-2-8(19)6-9(10)18/h2-3,6-7,21,24H,4-5H2,1H3. The van der Waals surface area contributed by atoms with Crippen molar-refractivity contribution in [3.05, 3.63) is 59.6 Å². The highest BCUT2D eigenvalue weighted by Gasteiger charge is 2.20. The Balaban J connectivity index is 2.34. The Morgan fingerprint density at radius 2 is 2.08 bits per heavy atom. The molecule has 0 amide bonds. The largest absolute Gasteiger partial charge is 0.395 e. The number of nitrogens with one attached hydrogen (secondary N) is 1. The van der Waals surface area contributed by atoms with Gasteiger partial charge in [-0.15, -0.1) is 0 Å². The quantitative estimate of drug-likeness (QED) is 0.548. The molecule has 3 rings (SSSR count). The van der Waals surface area contributed by atoms with Gasteiger partial charge in [0.15, 0.2) is 5.65 Å². The van der Waals surface area contributed by atoms with Crippen LogP contribution in [0.2, 0.25) is 5.02 Å². The first kappa shape index (κ1) is 18.8. The summed E-state index contributed by atoms with van der Waals surface area (Å²) in [7, 11) is 1.44. The molecule has 2 aromatic heterocycles. The molecule has 1 aromatic carbocycles. The maximum atomic E-state index is 14.2. The van der Waals surface area contributed by atoms with E-state index < -0.39 is 16.9 Å². The van der Waals surface area contributed by atoms with Crippen LogP contribution in [-0.2, 0) is 13.6 Å². The smallest absolute Gasteiger partial charge is 0.272 e. The van der Waals surface area contributed by atoms with Crippen molar-refractivity contribution in [1.82, 2.24) is 14.1 Å². The van der Waals surface area contributed by atoms with E-state index in [0.717, 1.165) is 4.57 Å². The van der Waals surface area contributed by atoms with Crippen molar-refractivity contribution in [2.45, 2.75) is 6.54 Å². The molecule has 0 atom stereocenters. The molecule has 0 fully saturated rings. The predicted molar refractivity (Wildman–Crippen MR) is 106 cm³/mol. The zero-order valence-electron chi connectivity index (χ0n) is 13.5. The summed E-state index contributed by atoms with van der Waals surface area (Å²) in [6.07, 6.45) is 1.24. The molecule has 0 aliphatic carbocycles. The zero-order valence-corrected chi connectivity index (χ0v) is 16.4. The van der Waals surface area contributed by atoms with Crippen molar-refractivity contribution >= 4 is 56.6 Å². The van der Waals surface area contributed by atoms with Gasteiger partial charge in [0.2, 0.25) is 0 Å². The van der Waals surface area contributed by atoms with Gasteiger partial charge >= 0.3 is 0 Å². The fourth-order valence-electron chi connectivity index (χ4n) is 2.52. The minimum Gasteiger partial charge on any atom is -0.395 e. The normalized spacial score (nSPS) is 11.1. The highest BCUT2D eigenvalue weighted by molar-refractivity contribution is 14.1. The number of anilines is 2. The second kappa shape index (κ2) is 7.33.